The number of methoxy groups -OCH3 is 1. The molecule has 0 fully saturated rings. The molecule has 1 aromatic heterocycles. The van der Waals surface area contributed by atoms with Crippen LogP contribution in [0.2, 0.25) is 0 Å². The van der Waals surface area contributed by atoms with E-state index >= 15 is 0 Å². The van der Waals surface area contributed by atoms with Gasteiger partial charge >= 0.3 is 0 Å². The van der Waals surface area contributed by atoms with Crippen LogP contribution in [-0.2, 0) is 0 Å². The van der Waals surface area contributed by atoms with Crippen molar-refractivity contribution >= 4 is 16.6 Å². The summed E-state index contributed by atoms with van der Waals surface area (Å²) in [4.78, 5) is 14.4. The molecule has 2 rings (SSSR count). The summed E-state index contributed by atoms with van der Waals surface area (Å²) >= 11 is 0. The van der Waals surface area contributed by atoms with Crippen molar-refractivity contribution in [2.24, 2.45) is 0 Å². The SMILES string of the molecule is COc1ccc2ncc([N+](=O)[O-])c(C)c2c1. The van der Waals surface area contributed by atoms with Gasteiger partial charge in [-0.3, -0.25) is 10.1 Å². The van der Waals surface area contributed by atoms with Gasteiger partial charge in [0.1, 0.15) is 11.9 Å². The van der Waals surface area contributed by atoms with Gasteiger partial charge < -0.3 is 4.74 Å². The van der Waals surface area contributed by atoms with Crippen LogP contribution in [0.5, 0.6) is 5.75 Å². The Morgan fingerprint density at radius 3 is 2.81 bits per heavy atom. The molecule has 0 atom stereocenters. The third-order valence-electron chi connectivity index (χ3n) is 2.51. The third-order valence-corrected chi connectivity index (χ3v) is 2.51. The lowest BCUT2D eigenvalue weighted by Gasteiger charge is -2.04. The first-order valence-corrected chi connectivity index (χ1v) is 4.71. The van der Waals surface area contributed by atoms with E-state index in [0.717, 1.165) is 10.9 Å². The Morgan fingerprint density at radius 2 is 2.19 bits per heavy atom. The molecule has 2 aromatic rings. The van der Waals surface area contributed by atoms with E-state index in [9.17, 15) is 10.1 Å². The molecule has 82 valence electrons. The van der Waals surface area contributed by atoms with E-state index in [1.54, 1.807) is 32.2 Å². The van der Waals surface area contributed by atoms with Crippen molar-refractivity contribution in [1.29, 1.82) is 0 Å². The van der Waals surface area contributed by atoms with Crippen LogP contribution in [0.25, 0.3) is 10.9 Å². The monoisotopic (exact) mass is 218 g/mol. The summed E-state index contributed by atoms with van der Waals surface area (Å²) in [7, 11) is 1.56. The van der Waals surface area contributed by atoms with Crippen molar-refractivity contribution in [1.82, 2.24) is 4.98 Å². The summed E-state index contributed by atoms with van der Waals surface area (Å²) in [6, 6.07) is 5.32. The maximum absolute atomic E-state index is 10.8. The molecule has 0 aliphatic carbocycles. The van der Waals surface area contributed by atoms with Crippen molar-refractivity contribution in [3.63, 3.8) is 0 Å². The number of hydrogen-bond donors (Lipinski definition) is 0. The molecule has 1 heterocycles. The van der Waals surface area contributed by atoms with E-state index in [2.05, 4.69) is 4.98 Å². The average molecular weight is 218 g/mol. The lowest BCUT2D eigenvalue weighted by atomic mass is 10.1. The Labute approximate surface area is 91.8 Å². The molecule has 0 spiro atoms. The van der Waals surface area contributed by atoms with E-state index in [-0.39, 0.29) is 5.69 Å². The van der Waals surface area contributed by atoms with Gasteiger partial charge in [0.05, 0.1) is 17.5 Å². The fourth-order valence-corrected chi connectivity index (χ4v) is 1.60. The van der Waals surface area contributed by atoms with Crippen LogP contribution in [0.15, 0.2) is 24.4 Å². The lowest BCUT2D eigenvalue weighted by molar-refractivity contribution is -0.385. The number of ether oxygens (including phenoxy) is 1. The molecule has 0 aliphatic rings. The summed E-state index contributed by atoms with van der Waals surface area (Å²) in [6.07, 6.45) is 1.28. The van der Waals surface area contributed by atoms with Crippen LogP contribution in [0.4, 0.5) is 5.69 Å². The molecule has 0 saturated heterocycles. The molecule has 0 unspecified atom stereocenters. The second-order valence-corrected chi connectivity index (χ2v) is 3.41. The highest BCUT2D eigenvalue weighted by atomic mass is 16.6. The van der Waals surface area contributed by atoms with E-state index in [1.807, 2.05) is 0 Å². The van der Waals surface area contributed by atoms with E-state index in [0.29, 0.717) is 11.3 Å². The normalized spacial score (nSPS) is 10.4. The minimum absolute atomic E-state index is 0.0285. The zero-order valence-electron chi connectivity index (χ0n) is 8.93. The Balaban J connectivity index is 2.75. The molecule has 0 bridgehead atoms. The molecule has 5 heteroatoms. The smallest absolute Gasteiger partial charge is 0.291 e. The molecule has 0 aliphatic heterocycles. The van der Waals surface area contributed by atoms with Crippen molar-refractivity contribution in [3.8, 4) is 5.75 Å². The first kappa shape index (κ1) is 10.4. The number of fused-ring (bicyclic) bond motifs is 1. The molecule has 0 radical (unpaired) electrons. The van der Waals surface area contributed by atoms with Gasteiger partial charge in [0.25, 0.3) is 5.69 Å². The fourth-order valence-electron chi connectivity index (χ4n) is 1.60. The summed E-state index contributed by atoms with van der Waals surface area (Å²) in [6.45, 7) is 1.71. The number of aryl methyl sites for hydroxylation is 1. The van der Waals surface area contributed by atoms with Gasteiger partial charge in [-0.15, -0.1) is 0 Å². The standard InChI is InChI=1S/C11H10N2O3/c1-7-9-5-8(16-2)3-4-10(9)12-6-11(7)13(14)15/h3-6H,1-2H3. The van der Waals surface area contributed by atoms with Gasteiger partial charge in [-0.25, -0.2) is 4.98 Å². The molecule has 0 saturated carbocycles. The Hall–Kier alpha value is -2.17. The number of nitrogens with zero attached hydrogens (tertiary/aromatic N) is 2. The van der Waals surface area contributed by atoms with Crippen LogP contribution in [0.3, 0.4) is 0 Å². The van der Waals surface area contributed by atoms with E-state index < -0.39 is 4.92 Å². The van der Waals surface area contributed by atoms with Crippen molar-refractivity contribution in [3.05, 3.63) is 40.1 Å². The number of aromatic nitrogens is 1. The van der Waals surface area contributed by atoms with Crippen LogP contribution < -0.4 is 4.74 Å². The Kier molecular flexibility index (Phi) is 2.44. The number of benzene rings is 1. The number of nitro groups is 1. The first-order valence-electron chi connectivity index (χ1n) is 4.71. The van der Waals surface area contributed by atoms with Gasteiger partial charge in [-0.1, -0.05) is 0 Å². The summed E-state index contributed by atoms with van der Waals surface area (Å²) in [5.74, 6) is 0.665. The largest absolute Gasteiger partial charge is 0.497 e. The minimum atomic E-state index is -0.429. The van der Waals surface area contributed by atoms with E-state index in [4.69, 9.17) is 4.74 Å². The van der Waals surface area contributed by atoms with Crippen molar-refractivity contribution in [2.45, 2.75) is 6.92 Å². The Bertz CT molecular complexity index is 566. The quantitative estimate of drug-likeness (QED) is 0.573. The van der Waals surface area contributed by atoms with Gasteiger partial charge in [-0.05, 0) is 25.1 Å². The average Bonchev–Trinajstić information content (AvgIpc) is 2.28. The zero-order chi connectivity index (χ0) is 11.7. The van der Waals surface area contributed by atoms with Crippen LogP contribution in [-0.4, -0.2) is 17.0 Å². The molecule has 5 nitrogen and oxygen atoms in total. The first-order chi connectivity index (χ1) is 7.63. The van der Waals surface area contributed by atoms with Gasteiger partial charge in [0.15, 0.2) is 0 Å². The fraction of sp³-hybridized carbons (Fsp3) is 0.182. The van der Waals surface area contributed by atoms with Crippen molar-refractivity contribution < 1.29 is 9.66 Å². The summed E-state index contributed by atoms with van der Waals surface area (Å²) in [5.41, 5.74) is 1.36. The van der Waals surface area contributed by atoms with Crippen LogP contribution in [0, 0.1) is 17.0 Å². The Morgan fingerprint density at radius 1 is 1.44 bits per heavy atom. The summed E-state index contributed by atoms with van der Waals surface area (Å²) in [5, 5.41) is 11.5. The molecular formula is C11H10N2O3. The highest BCUT2D eigenvalue weighted by Gasteiger charge is 2.14. The number of rotatable bonds is 2. The van der Waals surface area contributed by atoms with E-state index in [1.165, 1.54) is 6.20 Å². The number of hydrogen-bond acceptors (Lipinski definition) is 4. The zero-order valence-corrected chi connectivity index (χ0v) is 8.93. The lowest BCUT2D eigenvalue weighted by Crippen LogP contribution is -1.94. The van der Waals surface area contributed by atoms with Crippen molar-refractivity contribution in [2.75, 3.05) is 7.11 Å². The molecule has 0 N–H and O–H groups in total. The van der Waals surface area contributed by atoms with Crippen LogP contribution in [0.1, 0.15) is 5.56 Å². The minimum Gasteiger partial charge on any atom is -0.497 e. The van der Waals surface area contributed by atoms with Gasteiger partial charge in [-0.2, -0.15) is 0 Å². The molecule has 16 heavy (non-hydrogen) atoms. The topological polar surface area (TPSA) is 65.3 Å². The highest BCUT2D eigenvalue weighted by molar-refractivity contribution is 5.86. The highest BCUT2D eigenvalue weighted by Crippen LogP contribution is 2.27. The van der Waals surface area contributed by atoms with Gasteiger partial charge in [0, 0.05) is 10.9 Å². The maximum Gasteiger partial charge on any atom is 0.291 e. The second kappa shape index (κ2) is 3.77. The second-order valence-electron chi connectivity index (χ2n) is 3.41. The predicted molar refractivity (Wildman–Crippen MR) is 59.7 cm³/mol. The molecule has 1 aromatic carbocycles. The molecular weight excluding hydrogens is 208 g/mol. The molecule has 0 amide bonds. The summed E-state index contributed by atoms with van der Waals surface area (Å²) < 4.78 is 5.08. The maximum atomic E-state index is 10.8. The number of pyridine rings is 1. The third kappa shape index (κ3) is 1.56. The predicted octanol–water partition coefficient (Wildman–Crippen LogP) is 2.46. The van der Waals surface area contributed by atoms with Crippen LogP contribution >= 0.6 is 0 Å². The van der Waals surface area contributed by atoms with Gasteiger partial charge in [0.2, 0.25) is 0 Å².